The van der Waals surface area contributed by atoms with Crippen molar-refractivity contribution in [1.82, 2.24) is 14.7 Å². The van der Waals surface area contributed by atoms with Gasteiger partial charge in [0.2, 0.25) is 0 Å². The van der Waals surface area contributed by atoms with Crippen LogP contribution in [0.4, 0.5) is 0 Å². The molecule has 1 amide bonds. The fourth-order valence-corrected chi connectivity index (χ4v) is 3.06. The molecule has 0 saturated carbocycles. The molecule has 1 aliphatic rings. The van der Waals surface area contributed by atoms with Crippen molar-refractivity contribution in [1.29, 1.82) is 0 Å². The highest BCUT2D eigenvalue weighted by atomic mass is 16.2. The number of aromatic nitrogens is 2. The van der Waals surface area contributed by atoms with Crippen molar-refractivity contribution in [2.24, 2.45) is 17.6 Å². The molecule has 0 aromatic carbocycles. The second-order valence-electron chi connectivity index (χ2n) is 6.38. The Morgan fingerprint density at radius 2 is 2.10 bits per heavy atom. The third kappa shape index (κ3) is 3.64. The lowest BCUT2D eigenvalue weighted by molar-refractivity contribution is 0.0667. The van der Waals surface area contributed by atoms with Crippen LogP contribution in [-0.2, 0) is 6.54 Å². The van der Waals surface area contributed by atoms with Crippen LogP contribution in [0, 0.1) is 18.8 Å². The summed E-state index contributed by atoms with van der Waals surface area (Å²) < 4.78 is 1.89. The standard InChI is InChI=1S/C16H28N4O/c1-12(2)14-5-9-19(10-6-14)16(21)15-11-18-20(13(15)3)8-4-7-17/h11-12,14H,4-10,17H2,1-3H3. The minimum Gasteiger partial charge on any atom is -0.339 e. The number of rotatable bonds is 5. The van der Waals surface area contributed by atoms with Crippen LogP contribution in [0.5, 0.6) is 0 Å². The zero-order valence-corrected chi connectivity index (χ0v) is 13.5. The Bertz CT molecular complexity index is 473. The highest BCUT2D eigenvalue weighted by Crippen LogP contribution is 2.25. The van der Waals surface area contributed by atoms with Gasteiger partial charge < -0.3 is 10.6 Å². The summed E-state index contributed by atoms with van der Waals surface area (Å²) in [5, 5.41) is 4.33. The van der Waals surface area contributed by atoms with Crippen LogP contribution < -0.4 is 5.73 Å². The van der Waals surface area contributed by atoms with E-state index in [0.29, 0.717) is 12.5 Å². The van der Waals surface area contributed by atoms with Crippen molar-refractivity contribution in [2.75, 3.05) is 19.6 Å². The zero-order valence-electron chi connectivity index (χ0n) is 13.5. The van der Waals surface area contributed by atoms with Crippen LogP contribution in [0.1, 0.15) is 49.2 Å². The first-order chi connectivity index (χ1) is 10.0. The maximum absolute atomic E-state index is 12.6. The predicted octanol–water partition coefficient (Wildman–Crippen LogP) is 2.05. The molecule has 1 aromatic heterocycles. The Kier molecular flexibility index (Phi) is 5.39. The quantitative estimate of drug-likeness (QED) is 0.903. The van der Waals surface area contributed by atoms with Gasteiger partial charge in [-0.05, 0) is 44.6 Å². The summed E-state index contributed by atoms with van der Waals surface area (Å²) in [6, 6.07) is 0. The molecular formula is C16H28N4O. The number of aryl methyl sites for hydroxylation is 1. The number of amides is 1. The van der Waals surface area contributed by atoms with Crippen LogP contribution in [0.15, 0.2) is 6.20 Å². The van der Waals surface area contributed by atoms with Gasteiger partial charge in [-0.2, -0.15) is 5.10 Å². The van der Waals surface area contributed by atoms with Crippen LogP contribution in [0.2, 0.25) is 0 Å². The lowest BCUT2D eigenvalue weighted by Crippen LogP contribution is -2.39. The molecule has 1 fully saturated rings. The van der Waals surface area contributed by atoms with Gasteiger partial charge in [0.15, 0.2) is 0 Å². The summed E-state index contributed by atoms with van der Waals surface area (Å²) in [6.07, 6.45) is 4.83. The van der Waals surface area contributed by atoms with Gasteiger partial charge in [-0.1, -0.05) is 13.8 Å². The second-order valence-corrected chi connectivity index (χ2v) is 6.38. The maximum atomic E-state index is 12.6. The molecule has 0 unspecified atom stereocenters. The lowest BCUT2D eigenvalue weighted by Gasteiger charge is -2.33. The van der Waals surface area contributed by atoms with Gasteiger partial charge in [0, 0.05) is 25.3 Å². The molecule has 2 rings (SSSR count). The zero-order chi connectivity index (χ0) is 15.4. The minimum absolute atomic E-state index is 0.133. The van der Waals surface area contributed by atoms with Crippen LogP contribution in [0.25, 0.3) is 0 Å². The first kappa shape index (κ1) is 16.0. The van der Waals surface area contributed by atoms with Crippen LogP contribution >= 0.6 is 0 Å². The molecule has 2 heterocycles. The molecular weight excluding hydrogens is 264 g/mol. The maximum Gasteiger partial charge on any atom is 0.257 e. The van der Waals surface area contributed by atoms with E-state index in [0.717, 1.165) is 56.1 Å². The third-order valence-electron chi connectivity index (χ3n) is 4.68. The van der Waals surface area contributed by atoms with E-state index in [2.05, 4.69) is 18.9 Å². The molecule has 0 spiro atoms. The van der Waals surface area contributed by atoms with Gasteiger partial charge in [-0.25, -0.2) is 0 Å². The van der Waals surface area contributed by atoms with E-state index in [1.54, 1.807) is 6.20 Å². The normalized spacial score (nSPS) is 16.7. The van der Waals surface area contributed by atoms with Crippen molar-refractivity contribution in [3.05, 3.63) is 17.5 Å². The van der Waals surface area contributed by atoms with Crippen molar-refractivity contribution in [2.45, 2.75) is 46.6 Å². The molecule has 118 valence electrons. The van der Waals surface area contributed by atoms with E-state index in [4.69, 9.17) is 5.73 Å². The molecule has 0 radical (unpaired) electrons. The van der Waals surface area contributed by atoms with Gasteiger partial charge >= 0.3 is 0 Å². The number of carbonyl (C=O) groups excluding carboxylic acids is 1. The predicted molar refractivity (Wildman–Crippen MR) is 84.1 cm³/mol. The Morgan fingerprint density at radius 3 is 2.67 bits per heavy atom. The number of hydrogen-bond donors (Lipinski definition) is 1. The van der Waals surface area contributed by atoms with Crippen molar-refractivity contribution < 1.29 is 4.79 Å². The fraction of sp³-hybridized carbons (Fsp3) is 0.750. The molecule has 1 saturated heterocycles. The number of carbonyl (C=O) groups is 1. The van der Waals surface area contributed by atoms with Crippen LogP contribution in [0.3, 0.4) is 0 Å². The minimum atomic E-state index is 0.133. The van der Waals surface area contributed by atoms with E-state index in [1.807, 2.05) is 16.5 Å². The number of piperidine rings is 1. The summed E-state index contributed by atoms with van der Waals surface area (Å²) in [5.41, 5.74) is 7.23. The molecule has 5 heteroatoms. The van der Waals surface area contributed by atoms with Gasteiger partial charge in [-0.3, -0.25) is 9.48 Å². The number of hydrogen-bond acceptors (Lipinski definition) is 3. The second kappa shape index (κ2) is 7.07. The molecule has 2 N–H and O–H groups in total. The Balaban J connectivity index is 1.99. The number of likely N-dealkylation sites (tertiary alicyclic amines) is 1. The summed E-state index contributed by atoms with van der Waals surface area (Å²) in [4.78, 5) is 14.6. The molecule has 0 bridgehead atoms. The Labute approximate surface area is 127 Å². The molecule has 5 nitrogen and oxygen atoms in total. The fourth-order valence-electron chi connectivity index (χ4n) is 3.06. The molecule has 21 heavy (non-hydrogen) atoms. The van der Waals surface area contributed by atoms with Gasteiger partial charge in [0.25, 0.3) is 5.91 Å². The molecule has 1 aliphatic heterocycles. The highest BCUT2D eigenvalue weighted by molar-refractivity contribution is 5.95. The van der Waals surface area contributed by atoms with Crippen molar-refractivity contribution in [3.63, 3.8) is 0 Å². The number of nitrogens with zero attached hydrogens (tertiary/aromatic N) is 3. The first-order valence-electron chi connectivity index (χ1n) is 8.06. The summed E-state index contributed by atoms with van der Waals surface area (Å²) in [6.45, 7) is 9.68. The van der Waals surface area contributed by atoms with Crippen molar-refractivity contribution in [3.8, 4) is 0 Å². The SMILES string of the molecule is Cc1c(C(=O)N2CCC(C(C)C)CC2)cnn1CCCN. The van der Waals surface area contributed by atoms with Crippen LogP contribution in [-0.4, -0.2) is 40.2 Å². The summed E-state index contributed by atoms with van der Waals surface area (Å²) >= 11 is 0. The lowest BCUT2D eigenvalue weighted by atomic mass is 9.86. The van der Waals surface area contributed by atoms with Gasteiger partial charge in [-0.15, -0.1) is 0 Å². The highest BCUT2D eigenvalue weighted by Gasteiger charge is 2.26. The largest absolute Gasteiger partial charge is 0.339 e. The first-order valence-corrected chi connectivity index (χ1v) is 8.06. The summed E-state index contributed by atoms with van der Waals surface area (Å²) in [5.74, 6) is 1.60. The number of nitrogens with two attached hydrogens (primary N) is 1. The monoisotopic (exact) mass is 292 g/mol. The van der Waals surface area contributed by atoms with E-state index in [-0.39, 0.29) is 5.91 Å². The van der Waals surface area contributed by atoms with E-state index in [1.165, 1.54) is 0 Å². The van der Waals surface area contributed by atoms with E-state index < -0.39 is 0 Å². The molecule has 0 aliphatic carbocycles. The van der Waals surface area contributed by atoms with E-state index in [9.17, 15) is 4.79 Å². The van der Waals surface area contributed by atoms with Gasteiger partial charge in [0.05, 0.1) is 11.8 Å². The van der Waals surface area contributed by atoms with E-state index >= 15 is 0 Å². The Hall–Kier alpha value is -1.36. The topological polar surface area (TPSA) is 64.2 Å². The average molecular weight is 292 g/mol. The van der Waals surface area contributed by atoms with Crippen molar-refractivity contribution >= 4 is 5.91 Å². The third-order valence-corrected chi connectivity index (χ3v) is 4.68. The Morgan fingerprint density at radius 1 is 1.43 bits per heavy atom. The molecule has 1 aromatic rings. The smallest absolute Gasteiger partial charge is 0.257 e. The summed E-state index contributed by atoms with van der Waals surface area (Å²) in [7, 11) is 0. The molecule has 0 atom stereocenters. The average Bonchev–Trinajstić information content (AvgIpc) is 2.85. The van der Waals surface area contributed by atoms with Gasteiger partial charge in [0.1, 0.15) is 0 Å².